The Morgan fingerprint density at radius 1 is 1.00 bits per heavy atom. The van der Waals surface area contributed by atoms with Crippen molar-refractivity contribution in [3.05, 3.63) is 84.5 Å². The van der Waals surface area contributed by atoms with Crippen LogP contribution in [-0.4, -0.2) is 79.4 Å². The number of barbiturate groups is 1. The van der Waals surface area contributed by atoms with Gasteiger partial charge < -0.3 is 29.4 Å². The largest absolute Gasteiger partial charge is 0.508 e. The molecule has 0 bridgehead atoms. The number of nitrogens with one attached hydrogen (secondary N) is 2. The van der Waals surface area contributed by atoms with Crippen molar-refractivity contribution in [1.82, 2.24) is 15.2 Å². The molecule has 0 saturated carbocycles. The number of imide groups is 2. The lowest BCUT2D eigenvalue weighted by atomic mass is 10.1. The Kier molecular flexibility index (Phi) is 9.64. The normalized spacial score (nSPS) is 16.2. The van der Waals surface area contributed by atoms with Crippen LogP contribution in [0.2, 0.25) is 0 Å². The van der Waals surface area contributed by atoms with Crippen LogP contribution >= 0.6 is 0 Å². The van der Waals surface area contributed by atoms with E-state index in [0.29, 0.717) is 34.8 Å². The van der Waals surface area contributed by atoms with Crippen LogP contribution in [0.1, 0.15) is 6.42 Å². The summed E-state index contributed by atoms with van der Waals surface area (Å²) in [6.45, 7) is 4.71. The number of ether oxygens (including phenoxy) is 4. The monoisotopic (exact) mass is 657 g/mol. The van der Waals surface area contributed by atoms with Gasteiger partial charge in [0.15, 0.2) is 23.1 Å². The average molecular weight is 658 g/mol. The molecule has 0 unspecified atom stereocenters. The molecule has 3 heterocycles. The van der Waals surface area contributed by atoms with E-state index < -0.39 is 23.7 Å². The molecule has 2 aliphatic heterocycles. The van der Waals surface area contributed by atoms with Crippen LogP contribution in [0.25, 0.3) is 10.9 Å². The number of aromatic nitrogens is 1. The number of pyridine rings is 1. The zero-order valence-corrected chi connectivity index (χ0v) is 25.9. The quantitative estimate of drug-likeness (QED) is 0.118. The molecule has 2 saturated heterocycles. The second kappa shape index (κ2) is 14.4. The van der Waals surface area contributed by atoms with Gasteiger partial charge in [-0.3, -0.25) is 24.8 Å². The lowest BCUT2D eigenvalue weighted by Gasteiger charge is -2.26. The Morgan fingerprint density at radius 3 is 2.54 bits per heavy atom. The molecular formula is C34H32FN5O8. The molecule has 48 heavy (non-hydrogen) atoms. The Labute approximate surface area is 274 Å². The highest BCUT2D eigenvalue weighted by atomic mass is 19.1. The van der Waals surface area contributed by atoms with Gasteiger partial charge in [0.05, 0.1) is 38.1 Å². The van der Waals surface area contributed by atoms with Crippen molar-refractivity contribution in [2.75, 3.05) is 56.8 Å². The number of hydrogen-bond donors (Lipinski definition) is 3. The summed E-state index contributed by atoms with van der Waals surface area (Å²) in [4.78, 5) is 45.4. The highest BCUT2D eigenvalue weighted by Gasteiger charge is 2.37. The van der Waals surface area contributed by atoms with Gasteiger partial charge >= 0.3 is 6.03 Å². The third-order valence-corrected chi connectivity index (χ3v) is 7.71. The number of aromatic hydroxyl groups is 1. The minimum absolute atomic E-state index is 0.0617. The standard InChI is InChI=1S/C34H32FN5O8/c1-45-30-18-24-27(19-31(30)47-14-2-11-39-12-15-46-16-13-39)36-10-9-28(24)48-29-8-3-21(17-26(29)35)37-20-25-32(42)38-34(44)40(33(25)43)22-4-6-23(41)7-5-22/h3-10,17-20,37,41H,2,11-16H2,1H3,(H,38,42,44)/b25-20+. The highest BCUT2D eigenvalue weighted by molar-refractivity contribution is 6.37. The number of hydrogen-bond acceptors (Lipinski definition) is 11. The third-order valence-electron chi connectivity index (χ3n) is 7.71. The first-order valence-corrected chi connectivity index (χ1v) is 15.1. The van der Waals surface area contributed by atoms with Crippen LogP contribution in [0.5, 0.6) is 28.7 Å². The number of urea groups is 1. The topological polar surface area (TPSA) is 152 Å². The molecule has 2 fully saturated rings. The van der Waals surface area contributed by atoms with E-state index in [-0.39, 0.29) is 28.4 Å². The van der Waals surface area contributed by atoms with Gasteiger partial charge in [0.25, 0.3) is 11.8 Å². The molecule has 4 aromatic rings. The molecule has 2 aliphatic rings. The van der Waals surface area contributed by atoms with Crippen molar-refractivity contribution in [2.45, 2.75) is 6.42 Å². The van der Waals surface area contributed by atoms with E-state index in [1.165, 1.54) is 43.5 Å². The summed E-state index contributed by atoms with van der Waals surface area (Å²) in [6, 6.07) is 13.5. The first kappa shape index (κ1) is 32.2. The summed E-state index contributed by atoms with van der Waals surface area (Å²) in [5.74, 6) is -1.34. The van der Waals surface area contributed by atoms with Crippen molar-refractivity contribution in [2.24, 2.45) is 0 Å². The maximum atomic E-state index is 15.3. The van der Waals surface area contributed by atoms with E-state index >= 15 is 4.39 Å². The molecule has 0 spiro atoms. The number of morpholine rings is 1. The van der Waals surface area contributed by atoms with Crippen molar-refractivity contribution >= 4 is 40.1 Å². The van der Waals surface area contributed by atoms with E-state index in [2.05, 4.69) is 20.5 Å². The van der Waals surface area contributed by atoms with Gasteiger partial charge in [0.2, 0.25) is 0 Å². The number of fused-ring (bicyclic) bond motifs is 1. The number of rotatable bonds is 11. The van der Waals surface area contributed by atoms with Crippen molar-refractivity contribution in [1.29, 1.82) is 0 Å². The fraction of sp³-hybridized carbons (Fsp3) is 0.235. The van der Waals surface area contributed by atoms with E-state index in [0.717, 1.165) is 56.4 Å². The van der Waals surface area contributed by atoms with Gasteiger partial charge in [-0.25, -0.2) is 14.1 Å². The first-order chi connectivity index (χ1) is 23.3. The first-order valence-electron chi connectivity index (χ1n) is 15.1. The molecule has 3 aromatic carbocycles. The molecule has 13 nitrogen and oxygen atoms in total. The summed E-state index contributed by atoms with van der Waals surface area (Å²) in [7, 11) is 1.53. The Morgan fingerprint density at radius 2 is 1.79 bits per heavy atom. The molecule has 0 aliphatic carbocycles. The van der Waals surface area contributed by atoms with Crippen molar-refractivity contribution in [3.63, 3.8) is 0 Å². The molecule has 0 atom stereocenters. The van der Waals surface area contributed by atoms with E-state index in [9.17, 15) is 19.5 Å². The van der Waals surface area contributed by atoms with E-state index in [4.69, 9.17) is 18.9 Å². The molecule has 3 N–H and O–H groups in total. The van der Waals surface area contributed by atoms with Crippen molar-refractivity contribution in [3.8, 4) is 28.7 Å². The van der Waals surface area contributed by atoms with Gasteiger partial charge in [-0.2, -0.15) is 0 Å². The lowest BCUT2D eigenvalue weighted by Crippen LogP contribution is -2.54. The van der Waals surface area contributed by atoms with Gasteiger partial charge in [-0.15, -0.1) is 0 Å². The summed E-state index contributed by atoms with van der Waals surface area (Å²) in [6.07, 6.45) is 3.46. The number of anilines is 2. The van der Waals surface area contributed by atoms with E-state index in [1.807, 2.05) is 0 Å². The summed E-state index contributed by atoms with van der Waals surface area (Å²) in [5, 5.41) is 14.9. The zero-order chi connectivity index (χ0) is 33.6. The number of phenolic OH excluding ortho intramolecular Hbond substituents is 1. The third kappa shape index (κ3) is 7.14. The molecule has 6 rings (SSSR count). The second-order valence-electron chi connectivity index (χ2n) is 10.9. The summed E-state index contributed by atoms with van der Waals surface area (Å²) < 4.78 is 38.2. The number of methoxy groups -OCH3 is 1. The fourth-order valence-electron chi connectivity index (χ4n) is 5.23. The second-order valence-corrected chi connectivity index (χ2v) is 10.9. The number of halogens is 1. The fourth-order valence-corrected chi connectivity index (χ4v) is 5.23. The number of carbonyl (C=O) groups is 3. The molecule has 4 amide bonds. The van der Waals surface area contributed by atoms with Crippen LogP contribution in [-0.2, 0) is 14.3 Å². The molecular weight excluding hydrogens is 625 g/mol. The Balaban J connectivity index is 1.14. The predicted octanol–water partition coefficient (Wildman–Crippen LogP) is 4.56. The van der Waals surface area contributed by atoms with Crippen LogP contribution < -0.4 is 29.7 Å². The number of nitrogens with zero attached hydrogens (tertiary/aromatic N) is 3. The SMILES string of the molecule is COc1cc2c(Oc3ccc(N/C=C4\C(=O)NC(=O)N(c5ccc(O)cc5)C4=O)cc3F)ccnc2cc1OCCCN1CCOCC1. The molecule has 248 valence electrons. The number of amides is 4. The minimum atomic E-state index is -0.940. The maximum Gasteiger partial charge on any atom is 0.335 e. The van der Waals surface area contributed by atoms with Crippen LogP contribution in [0.3, 0.4) is 0 Å². The van der Waals surface area contributed by atoms with Crippen LogP contribution in [0.15, 0.2) is 78.6 Å². The van der Waals surface area contributed by atoms with Crippen molar-refractivity contribution < 1.29 is 42.8 Å². The maximum absolute atomic E-state index is 15.3. The Bertz CT molecular complexity index is 1880. The predicted molar refractivity (Wildman–Crippen MR) is 173 cm³/mol. The minimum Gasteiger partial charge on any atom is -0.508 e. The van der Waals surface area contributed by atoms with Crippen LogP contribution in [0, 0.1) is 5.82 Å². The molecule has 1 aromatic heterocycles. The van der Waals surface area contributed by atoms with Gasteiger partial charge in [0.1, 0.15) is 17.1 Å². The Hall–Kier alpha value is -5.73. The van der Waals surface area contributed by atoms with Crippen LogP contribution in [0.4, 0.5) is 20.6 Å². The van der Waals surface area contributed by atoms with Gasteiger partial charge in [0, 0.05) is 55.2 Å². The number of carbonyl (C=O) groups excluding carboxylic acids is 3. The zero-order valence-electron chi connectivity index (χ0n) is 25.9. The van der Waals surface area contributed by atoms with Gasteiger partial charge in [-0.1, -0.05) is 0 Å². The number of benzene rings is 3. The summed E-state index contributed by atoms with van der Waals surface area (Å²) in [5.41, 5.74) is 0.529. The van der Waals surface area contributed by atoms with Gasteiger partial charge in [-0.05, 0) is 55.0 Å². The lowest BCUT2D eigenvalue weighted by molar-refractivity contribution is -0.122. The average Bonchev–Trinajstić information content (AvgIpc) is 3.08. The highest BCUT2D eigenvalue weighted by Crippen LogP contribution is 2.38. The molecule has 0 radical (unpaired) electrons. The molecule has 14 heteroatoms. The van der Waals surface area contributed by atoms with E-state index in [1.54, 1.807) is 24.4 Å². The summed E-state index contributed by atoms with van der Waals surface area (Å²) >= 11 is 0. The smallest absolute Gasteiger partial charge is 0.335 e. The number of phenols is 1.